The molecule has 0 radical (unpaired) electrons. The van der Waals surface area contributed by atoms with E-state index in [0.29, 0.717) is 18.6 Å². The quantitative estimate of drug-likeness (QED) is 0.455. The third-order valence-corrected chi connectivity index (χ3v) is 7.54. The van der Waals surface area contributed by atoms with E-state index in [1.54, 1.807) is 0 Å². The van der Waals surface area contributed by atoms with E-state index in [0.717, 1.165) is 0 Å². The molecule has 0 bridgehead atoms. The molecular formula is C17H23FN2O7S. The second kappa shape index (κ2) is 8.29. The van der Waals surface area contributed by atoms with Crippen LogP contribution in [0.25, 0.3) is 0 Å². The summed E-state index contributed by atoms with van der Waals surface area (Å²) in [5.74, 6) is -1.08. The summed E-state index contributed by atoms with van der Waals surface area (Å²) >= 11 is 0. The summed E-state index contributed by atoms with van der Waals surface area (Å²) in [6.45, 7) is -0.132. The number of nitrogens with zero attached hydrogens (tertiary/aromatic N) is 1. The third kappa shape index (κ3) is 4.13. The van der Waals surface area contributed by atoms with Gasteiger partial charge in [0, 0.05) is 19.7 Å². The maximum atomic E-state index is 13.0. The molecular weight excluding hydrogens is 395 g/mol. The van der Waals surface area contributed by atoms with Crippen LogP contribution in [0.1, 0.15) is 19.3 Å². The second-order valence-corrected chi connectivity index (χ2v) is 9.03. The SMILES string of the molecule is O=C(NO)C1(O)COCCC1S(=O)(=O)N1CCC(Oc2ccc(F)cc2)CC1. The Balaban J connectivity index is 1.66. The van der Waals surface area contributed by atoms with Crippen molar-refractivity contribution >= 4 is 15.9 Å². The lowest BCUT2D eigenvalue weighted by atomic mass is 9.95. The summed E-state index contributed by atoms with van der Waals surface area (Å²) in [4.78, 5) is 11.9. The zero-order chi connectivity index (χ0) is 20.4. The number of aliphatic hydroxyl groups is 1. The monoisotopic (exact) mass is 418 g/mol. The average Bonchev–Trinajstić information content (AvgIpc) is 2.69. The molecule has 2 aliphatic heterocycles. The molecule has 2 unspecified atom stereocenters. The van der Waals surface area contributed by atoms with E-state index in [9.17, 15) is 22.7 Å². The van der Waals surface area contributed by atoms with Crippen LogP contribution < -0.4 is 10.2 Å². The summed E-state index contributed by atoms with van der Waals surface area (Å²) in [5, 5.41) is 18.0. The fraction of sp³-hybridized carbons (Fsp3) is 0.588. The molecule has 1 aromatic rings. The molecule has 11 heteroatoms. The van der Waals surface area contributed by atoms with Gasteiger partial charge in [-0.2, -0.15) is 0 Å². The number of sulfonamides is 1. The third-order valence-electron chi connectivity index (χ3n) is 5.11. The van der Waals surface area contributed by atoms with Crippen LogP contribution in [0, 0.1) is 5.82 Å². The molecule has 2 atom stereocenters. The molecule has 156 valence electrons. The zero-order valence-electron chi connectivity index (χ0n) is 15.1. The van der Waals surface area contributed by atoms with E-state index in [1.165, 1.54) is 34.1 Å². The fourth-order valence-corrected chi connectivity index (χ4v) is 5.69. The predicted octanol–water partition coefficient (Wildman–Crippen LogP) is 0.0241. The number of hydrogen-bond acceptors (Lipinski definition) is 7. The van der Waals surface area contributed by atoms with Gasteiger partial charge in [0.15, 0.2) is 5.60 Å². The first-order valence-electron chi connectivity index (χ1n) is 8.93. The van der Waals surface area contributed by atoms with Crippen LogP contribution in [0.4, 0.5) is 4.39 Å². The average molecular weight is 418 g/mol. The van der Waals surface area contributed by atoms with Gasteiger partial charge >= 0.3 is 0 Å². The van der Waals surface area contributed by atoms with Crippen LogP contribution in [0.15, 0.2) is 24.3 Å². The van der Waals surface area contributed by atoms with Gasteiger partial charge in [0.25, 0.3) is 5.91 Å². The van der Waals surface area contributed by atoms with Gasteiger partial charge in [-0.1, -0.05) is 0 Å². The molecule has 2 heterocycles. The maximum Gasteiger partial charge on any atom is 0.279 e. The Hall–Kier alpha value is -1.79. The van der Waals surface area contributed by atoms with Crippen molar-refractivity contribution in [3.63, 3.8) is 0 Å². The van der Waals surface area contributed by atoms with Gasteiger partial charge in [0.05, 0.1) is 6.61 Å². The van der Waals surface area contributed by atoms with Gasteiger partial charge in [-0.3, -0.25) is 10.0 Å². The summed E-state index contributed by atoms with van der Waals surface area (Å²) in [7, 11) is -4.02. The lowest BCUT2D eigenvalue weighted by Crippen LogP contribution is -2.64. The summed E-state index contributed by atoms with van der Waals surface area (Å²) in [6.07, 6.45) is 0.513. The van der Waals surface area contributed by atoms with Crippen LogP contribution in [0.2, 0.25) is 0 Å². The molecule has 9 nitrogen and oxygen atoms in total. The summed E-state index contributed by atoms with van der Waals surface area (Å²) in [5.41, 5.74) is -1.05. The predicted molar refractivity (Wildman–Crippen MR) is 94.6 cm³/mol. The standard InChI is InChI=1S/C17H23FN2O7S/c18-12-1-3-13(4-2-12)27-14-5-8-20(9-6-14)28(24,25)15-7-10-26-11-17(15,22)16(21)19-23/h1-4,14-15,22-23H,5-11H2,(H,19,21). The summed E-state index contributed by atoms with van der Waals surface area (Å²) in [6, 6.07) is 5.59. The number of benzene rings is 1. The van der Waals surface area contributed by atoms with Gasteiger partial charge < -0.3 is 14.6 Å². The Bertz CT molecular complexity index is 796. The van der Waals surface area contributed by atoms with Crippen molar-refractivity contribution in [2.45, 2.75) is 36.2 Å². The molecule has 1 amide bonds. The van der Waals surface area contributed by atoms with Crippen LogP contribution in [0.3, 0.4) is 0 Å². The fourth-order valence-electron chi connectivity index (χ4n) is 3.54. The first-order chi connectivity index (χ1) is 13.3. The molecule has 2 aliphatic rings. The lowest BCUT2D eigenvalue weighted by Gasteiger charge is -2.41. The summed E-state index contributed by atoms with van der Waals surface area (Å²) < 4.78 is 51.1. The molecule has 0 saturated carbocycles. The first-order valence-corrected chi connectivity index (χ1v) is 10.4. The van der Waals surface area contributed by atoms with Crippen LogP contribution >= 0.6 is 0 Å². The zero-order valence-corrected chi connectivity index (χ0v) is 15.9. The minimum Gasteiger partial charge on any atom is -0.490 e. The van der Waals surface area contributed by atoms with Crippen molar-refractivity contribution in [1.29, 1.82) is 0 Å². The molecule has 1 aromatic carbocycles. The highest BCUT2D eigenvalue weighted by Gasteiger charge is 2.54. The highest BCUT2D eigenvalue weighted by Crippen LogP contribution is 2.31. The van der Waals surface area contributed by atoms with Crippen LogP contribution in [-0.2, 0) is 19.6 Å². The van der Waals surface area contributed by atoms with Crippen molar-refractivity contribution in [3.05, 3.63) is 30.1 Å². The smallest absolute Gasteiger partial charge is 0.279 e. The number of piperidine rings is 1. The normalized spacial score (nSPS) is 27.3. The largest absolute Gasteiger partial charge is 0.490 e. The van der Waals surface area contributed by atoms with Crippen molar-refractivity contribution in [1.82, 2.24) is 9.79 Å². The van der Waals surface area contributed by atoms with Gasteiger partial charge in [-0.15, -0.1) is 0 Å². The number of rotatable bonds is 5. The minimum absolute atomic E-state index is 0.0712. The van der Waals surface area contributed by atoms with Crippen LogP contribution in [-0.4, -0.2) is 72.2 Å². The van der Waals surface area contributed by atoms with E-state index in [2.05, 4.69) is 0 Å². The molecule has 0 spiro atoms. The highest BCUT2D eigenvalue weighted by atomic mass is 32.2. The lowest BCUT2D eigenvalue weighted by molar-refractivity contribution is -0.161. The van der Waals surface area contributed by atoms with Gasteiger partial charge in [-0.25, -0.2) is 22.6 Å². The van der Waals surface area contributed by atoms with Crippen molar-refractivity contribution in [2.75, 3.05) is 26.3 Å². The van der Waals surface area contributed by atoms with Gasteiger partial charge in [0.2, 0.25) is 10.0 Å². The van der Waals surface area contributed by atoms with Crippen molar-refractivity contribution < 1.29 is 37.4 Å². The van der Waals surface area contributed by atoms with E-state index in [1.807, 2.05) is 0 Å². The Morgan fingerprint density at radius 2 is 1.89 bits per heavy atom. The molecule has 28 heavy (non-hydrogen) atoms. The maximum absolute atomic E-state index is 13.0. The molecule has 2 fully saturated rings. The number of ether oxygens (including phenoxy) is 2. The molecule has 0 aromatic heterocycles. The van der Waals surface area contributed by atoms with E-state index in [-0.39, 0.29) is 38.0 Å². The molecule has 3 rings (SSSR count). The van der Waals surface area contributed by atoms with Crippen LogP contribution in [0.5, 0.6) is 5.75 Å². The number of hydroxylamine groups is 1. The molecule has 3 N–H and O–H groups in total. The van der Waals surface area contributed by atoms with E-state index >= 15 is 0 Å². The van der Waals surface area contributed by atoms with Gasteiger partial charge in [-0.05, 0) is 43.5 Å². The topological polar surface area (TPSA) is 125 Å². The van der Waals surface area contributed by atoms with Crippen molar-refractivity contribution in [3.8, 4) is 5.75 Å². The number of carbonyl (C=O) groups is 1. The molecule has 0 aliphatic carbocycles. The Morgan fingerprint density at radius 1 is 1.25 bits per heavy atom. The Kier molecular flexibility index (Phi) is 6.20. The number of amides is 1. The number of hydrogen-bond donors (Lipinski definition) is 3. The van der Waals surface area contributed by atoms with Crippen molar-refractivity contribution in [2.24, 2.45) is 0 Å². The first kappa shape index (κ1) is 20.9. The Labute approximate surface area is 162 Å². The van der Waals surface area contributed by atoms with E-state index in [4.69, 9.17) is 14.7 Å². The number of carbonyl (C=O) groups excluding carboxylic acids is 1. The minimum atomic E-state index is -4.02. The number of nitrogens with one attached hydrogen (secondary N) is 1. The Morgan fingerprint density at radius 3 is 2.50 bits per heavy atom. The highest BCUT2D eigenvalue weighted by molar-refractivity contribution is 7.89. The molecule has 2 saturated heterocycles. The second-order valence-electron chi connectivity index (χ2n) is 6.91. The van der Waals surface area contributed by atoms with E-state index < -0.39 is 33.4 Å². The van der Waals surface area contributed by atoms with Gasteiger partial charge in [0.1, 0.15) is 22.9 Å². The number of halogens is 1.